The molecule has 0 bridgehead atoms. The Hall–Kier alpha value is -4.57. The zero-order chi connectivity index (χ0) is 66.7. The fourth-order valence-electron chi connectivity index (χ4n) is 8.36. The number of esters is 3. The zero-order valence-electron chi connectivity index (χ0n) is 56.0. The Labute approximate surface area is 549 Å². The average Bonchev–Trinajstić information content (AvgIpc) is 3.09. The molecule has 91 heavy (non-hydrogen) atoms. The Kier molecular flexibility index (Phi) is 62.2. The molecule has 0 spiro atoms. The van der Waals surface area contributed by atoms with E-state index in [0.29, 0.717) is 19.3 Å². The highest BCUT2D eigenvalue weighted by atomic mass is 31.2. The lowest BCUT2D eigenvalue weighted by Crippen LogP contribution is -2.30. The van der Waals surface area contributed by atoms with Gasteiger partial charge in [0.2, 0.25) is 0 Å². The largest absolute Gasteiger partial charge is 0.472 e. The number of aliphatic hydroxyl groups is 2. The molecule has 0 saturated heterocycles. The number of allylic oxidation sites excluding steroid dienone is 24. The van der Waals surface area contributed by atoms with E-state index in [1.165, 1.54) is 19.3 Å². The lowest BCUT2D eigenvalue weighted by molar-refractivity contribution is -0.161. The van der Waals surface area contributed by atoms with Crippen LogP contribution in [0.4, 0.5) is 0 Å². The molecule has 0 aliphatic rings. The van der Waals surface area contributed by atoms with E-state index < -0.39 is 91.5 Å². The van der Waals surface area contributed by atoms with E-state index in [1.54, 1.807) is 0 Å². The summed E-state index contributed by atoms with van der Waals surface area (Å²) in [6.07, 6.45) is 77.5. The highest BCUT2D eigenvalue weighted by Gasteiger charge is 2.29. The summed E-state index contributed by atoms with van der Waals surface area (Å²) in [5.74, 6) is -1.66. The van der Waals surface area contributed by atoms with Crippen LogP contribution in [0.3, 0.4) is 0 Å². The van der Waals surface area contributed by atoms with Crippen LogP contribution in [0.15, 0.2) is 146 Å². The van der Waals surface area contributed by atoms with Gasteiger partial charge in [0.25, 0.3) is 0 Å². The fraction of sp³-hybridized carbons (Fsp3) is 0.630. The number of unbranched alkanes of at least 4 members (excludes halogenated alkanes) is 16. The van der Waals surface area contributed by atoms with Crippen LogP contribution in [0.1, 0.15) is 239 Å². The molecule has 0 aromatic rings. The van der Waals surface area contributed by atoms with Crippen molar-refractivity contribution in [3.8, 4) is 0 Å². The summed E-state index contributed by atoms with van der Waals surface area (Å²) in [4.78, 5) is 58.4. The van der Waals surface area contributed by atoms with Gasteiger partial charge >= 0.3 is 33.6 Å². The van der Waals surface area contributed by atoms with Gasteiger partial charge in [0.1, 0.15) is 25.4 Å². The predicted octanol–water partition coefficient (Wildman–Crippen LogP) is 19.0. The van der Waals surface area contributed by atoms with Gasteiger partial charge < -0.3 is 34.2 Å². The Morgan fingerprint density at radius 1 is 0.319 bits per heavy atom. The molecule has 0 aromatic carbocycles. The number of phosphoric acid groups is 2. The minimum Gasteiger partial charge on any atom is -0.463 e. The van der Waals surface area contributed by atoms with Crippen LogP contribution < -0.4 is 0 Å². The molecule has 0 aliphatic carbocycles. The molecule has 0 fully saturated rings. The first-order chi connectivity index (χ1) is 44.2. The van der Waals surface area contributed by atoms with Gasteiger partial charge in [-0.3, -0.25) is 32.5 Å². The monoisotopic (exact) mass is 1310 g/mol. The number of rotatable bonds is 63. The van der Waals surface area contributed by atoms with Gasteiger partial charge in [-0.1, -0.05) is 224 Å². The Morgan fingerprint density at radius 3 is 0.945 bits per heavy atom. The number of carbonyl (C=O) groups is 3. The van der Waals surface area contributed by atoms with Gasteiger partial charge in [-0.25, -0.2) is 9.13 Å². The topological polar surface area (TPSA) is 231 Å². The van der Waals surface area contributed by atoms with E-state index in [9.17, 15) is 43.5 Å². The molecule has 0 amide bonds. The van der Waals surface area contributed by atoms with Crippen molar-refractivity contribution in [3.05, 3.63) is 146 Å². The summed E-state index contributed by atoms with van der Waals surface area (Å²) in [7, 11) is -9.81. The second kappa shape index (κ2) is 65.5. The number of aliphatic hydroxyl groups excluding tert-OH is 2. The third-order valence-corrected chi connectivity index (χ3v) is 15.4. The third kappa shape index (κ3) is 66.7. The maximum atomic E-state index is 12.9. The number of hydrogen-bond acceptors (Lipinski definition) is 14. The highest BCUT2D eigenvalue weighted by molar-refractivity contribution is 7.47. The van der Waals surface area contributed by atoms with Gasteiger partial charge in [-0.05, 0) is 141 Å². The van der Waals surface area contributed by atoms with Crippen LogP contribution in [-0.2, 0) is 55.8 Å². The molecule has 0 aliphatic heterocycles. The first-order valence-corrected chi connectivity index (χ1v) is 37.1. The van der Waals surface area contributed by atoms with Gasteiger partial charge in [0.05, 0.1) is 26.4 Å². The summed E-state index contributed by atoms with van der Waals surface area (Å²) in [6.45, 7) is 2.30. The van der Waals surface area contributed by atoms with Crippen molar-refractivity contribution in [1.82, 2.24) is 0 Å². The Balaban J connectivity index is 4.74. The highest BCUT2D eigenvalue weighted by Crippen LogP contribution is 2.45. The van der Waals surface area contributed by atoms with Crippen molar-refractivity contribution in [2.45, 2.75) is 257 Å². The number of carbonyl (C=O) groups excluding carboxylic acids is 3. The lowest BCUT2D eigenvalue weighted by atomic mass is 10.1. The standard InChI is InChI=1S/C73H120O16P2/c1-4-7-10-13-16-19-22-25-28-30-32-33-35-37-39-41-44-47-50-53-56-59-71(76)83-62-68(74)63-85-90(79,80)86-64-69(75)65-87-91(81,82)88-67-70(89-73(78)61-58-55-52-49-46-43-38-27-24-21-18-15-12-9-6-3)66-84-72(77)60-57-54-51-48-45-42-40-36-34-31-29-26-23-20-17-14-11-8-5-2/h7-8,10-11,16-21,25-29,32-34,36-39,44,47,68-70,74-75H,4-6,9,12-15,22-24,30-31,35,40-43,45-46,48-67H2,1-3H3,(H,79,80)(H,81,82)/b10-7-,11-8-,19-16-,20-17-,21-18-,28-25-,29-26-,33-32-,36-34-,38-27-,39-37-,47-44-. The molecule has 5 atom stereocenters. The van der Waals surface area contributed by atoms with Crippen molar-refractivity contribution < 1.29 is 75.8 Å². The number of hydrogen-bond donors (Lipinski definition) is 4. The van der Waals surface area contributed by atoms with Crippen LogP contribution in [0.5, 0.6) is 0 Å². The van der Waals surface area contributed by atoms with Crippen molar-refractivity contribution in [1.29, 1.82) is 0 Å². The molecular formula is C73H120O16P2. The summed E-state index contributed by atoms with van der Waals surface area (Å²) < 4.78 is 60.8. The summed E-state index contributed by atoms with van der Waals surface area (Å²) in [5, 5.41) is 20.5. The smallest absolute Gasteiger partial charge is 0.463 e. The summed E-state index contributed by atoms with van der Waals surface area (Å²) in [6, 6.07) is 0. The van der Waals surface area contributed by atoms with Gasteiger partial charge in [-0.2, -0.15) is 0 Å². The van der Waals surface area contributed by atoms with Crippen molar-refractivity contribution >= 4 is 33.6 Å². The summed E-state index contributed by atoms with van der Waals surface area (Å²) in [5.41, 5.74) is 0. The molecule has 518 valence electrons. The van der Waals surface area contributed by atoms with Crippen LogP contribution in [0.25, 0.3) is 0 Å². The van der Waals surface area contributed by atoms with Crippen molar-refractivity contribution in [2.24, 2.45) is 0 Å². The molecule has 0 rings (SSSR count). The third-order valence-electron chi connectivity index (χ3n) is 13.5. The van der Waals surface area contributed by atoms with Crippen molar-refractivity contribution in [3.63, 3.8) is 0 Å². The van der Waals surface area contributed by atoms with E-state index >= 15 is 0 Å². The molecule has 16 nitrogen and oxygen atoms in total. The fourth-order valence-corrected chi connectivity index (χ4v) is 9.94. The van der Waals surface area contributed by atoms with Crippen LogP contribution >= 0.6 is 15.6 Å². The molecule has 0 radical (unpaired) electrons. The van der Waals surface area contributed by atoms with E-state index in [4.69, 9.17) is 32.3 Å². The molecular weight excluding hydrogens is 1190 g/mol. The van der Waals surface area contributed by atoms with Gasteiger partial charge in [0, 0.05) is 19.3 Å². The summed E-state index contributed by atoms with van der Waals surface area (Å²) >= 11 is 0. The first-order valence-electron chi connectivity index (χ1n) is 34.1. The minimum atomic E-state index is -4.94. The van der Waals surface area contributed by atoms with Gasteiger partial charge in [-0.15, -0.1) is 0 Å². The second-order valence-electron chi connectivity index (χ2n) is 22.2. The molecule has 18 heteroatoms. The molecule has 0 heterocycles. The molecule has 5 unspecified atom stereocenters. The number of phosphoric ester groups is 2. The van der Waals surface area contributed by atoms with E-state index in [1.807, 2.05) is 0 Å². The lowest BCUT2D eigenvalue weighted by Gasteiger charge is -2.21. The van der Waals surface area contributed by atoms with E-state index in [-0.39, 0.29) is 19.3 Å². The maximum Gasteiger partial charge on any atom is 0.472 e. The van der Waals surface area contributed by atoms with Crippen LogP contribution in [-0.4, -0.2) is 95.9 Å². The Bertz CT molecular complexity index is 2240. The first kappa shape index (κ1) is 86.4. The molecule has 0 saturated carbocycles. The Morgan fingerprint density at radius 2 is 0.582 bits per heavy atom. The second-order valence-corrected chi connectivity index (χ2v) is 25.1. The normalized spacial score (nSPS) is 15.1. The van der Waals surface area contributed by atoms with Crippen molar-refractivity contribution in [2.75, 3.05) is 39.6 Å². The SMILES string of the molecule is CC/C=C\C/C=C\C/C=C\C/C=C\C/C=C\C/C=C\CCCCC(=O)OCC(O)COP(=O)(O)OCC(O)COP(=O)(O)OCC(COC(=O)CCCCCCCC/C=C\C/C=C\C/C=C\C/C=C\CC)OC(=O)CCCCCCC/C=C\C/C=C\CCCCC. The average molecular weight is 1320 g/mol. The van der Waals surface area contributed by atoms with E-state index in [2.05, 4.69) is 167 Å². The van der Waals surface area contributed by atoms with Crippen LogP contribution in [0.2, 0.25) is 0 Å². The van der Waals surface area contributed by atoms with Crippen LogP contribution in [0, 0.1) is 0 Å². The quantitative estimate of drug-likeness (QED) is 0.0146. The van der Waals surface area contributed by atoms with Gasteiger partial charge in [0.15, 0.2) is 6.10 Å². The maximum absolute atomic E-state index is 12.9. The number of ether oxygens (including phenoxy) is 3. The van der Waals surface area contributed by atoms with E-state index in [0.717, 1.165) is 161 Å². The zero-order valence-corrected chi connectivity index (χ0v) is 57.7. The predicted molar refractivity (Wildman–Crippen MR) is 371 cm³/mol. The minimum absolute atomic E-state index is 0.0794. The molecule has 0 aromatic heterocycles. The molecule has 4 N–H and O–H groups in total.